The molecule has 1 N–H and O–H groups in total. The van der Waals surface area contributed by atoms with Crippen LogP contribution in [-0.2, 0) is 14.8 Å². The predicted molar refractivity (Wildman–Crippen MR) is 116 cm³/mol. The van der Waals surface area contributed by atoms with Crippen LogP contribution in [0.5, 0.6) is 5.75 Å². The average molecular weight is 445 g/mol. The minimum atomic E-state index is -3.76. The second-order valence-electron chi connectivity index (χ2n) is 7.01. The zero-order valence-electron chi connectivity index (χ0n) is 17.0. The first-order chi connectivity index (χ1) is 14.8. The molecule has 9 nitrogen and oxygen atoms in total. The van der Waals surface area contributed by atoms with Gasteiger partial charge in [-0.25, -0.2) is 8.42 Å². The number of hydrogen-bond acceptors (Lipinski definition) is 6. The molecule has 0 aliphatic carbocycles. The molecule has 2 aromatic carbocycles. The van der Waals surface area contributed by atoms with E-state index in [1.807, 2.05) is 0 Å². The Hall–Kier alpha value is -3.24. The van der Waals surface area contributed by atoms with Crippen molar-refractivity contribution in [2.24, 2.45) is 0 Å². The molecule has 0 saturated carbocycles. The highest BCUT2D eigenvalue weighted by molar-refractivity contribution is 7.89. The number of hydrogen-bond donors (Lipinski definition) is 1. The summed E-state index contributed by atoms with van der Waals surface area (Å²) < 4.78 is 32.8. The molecule has 1 amide bonds. The van der Waals surface area contributed by atoms with Gasteiger partial charge in [0.15, 0.2) is 0 Å². The van der Waals surface area contributed by atoms with E-state index in [2.05, 4.69) is 5.32 Å². The van der Waals surface area contributed by atoms with Crippen molar-refractivity contribution in [3.63, 3.8) is 0 Å². The quantitative estimate of drug-likeness (QED) is 0.396. The summed E-state index contributed by atoms with van der Waals surface area (Å²) in [4.78, 5) is 22.6. The first-order valence-electron chi connectivity index (χ1n) is 9.73. The topological polar surface area (TPSA) is 119 Å². The number of rotatable bonds is 7. The molecule has 1 saturated heterocycles. The van der Waals surface area contributed by atoms with Gasteiger partial charge >= 0.3 is 0 Å². The number of nitro benzene ring substituents is 1. The van der Waals surface area contributed by atoms with Crippen LogP contribution in [0.15, 0.2) is 53.4 Å². The summed E-state index contributed by atoms with van der Waals surface area (Å²) in [5, 5.41) is 13.5. The molecular formula is C21H23N3O6S. The third-order valence-electron chi connectivity index (χ3n) is 4.87. The fourth-order valence-electron chi connectivity index (χ4n) is 3.30. The number of nitro groups is 1. The molecule has 164 valence electrons. The molecule has 1 fully saturated rings. The first-order valence-corrected chi connectivity index (χ1v) is 11.2. The molecule has 0 aromatic heterocycles. The molecule has 3 rings (SSSR count). The van der Waals surface area contributed by atoms with Gasteiger partial charge in [-0.05, 0) is 42.7 Å². The van der Waals surface area contributed by atoms with E-state index >= 15 is 0 Å². The van der Waals surface area contributed by atoms with E-state index in [1.54, 1.807) is 12.1 Å². The van der Waals surface area contributed by atoms with Crippen molar-refractivity contribution in [1.82, 2.24) is 4.31 Å². The SMILES string of the molecule is COc1ccc(NC(=O)/C=C/c2cccc([N+](=O)[O-])c2)cc1S(=O)(=O)N1CCCCC1. The Kier molecular flexibility index (Phi) is 7.03. The summed E-state index contributed by atoms with van der Waals surface area (Å²) in [5.41, 5.74) is 0.711. The number of nitrogens with zero attached hydrogens (tertiary/aromatic N) is 2. The van der Waals surface area contributed by atoms with Gasteiger partial charge in [0.1, 0.15) is 10.6 Å². The van der Waals surface area contributed by atoms with Crippen molar-refractivity contribution < 1.29 is 22.9 Å². The van der Waals surface area contributed by atoms with E-state index in [4.69, 9.17) is 4.74 Å². The van der Waals surface area contributed by atoms with Crippen LogP contribution in [0.2, 0.25) is 0 Å². The Labute approximate surface area is 180 Å². The van der Waals surface area contributed by atoms with Crippen molar-refractivity contribution in [2.45, 2.75) is 24.2 Å². The Balaban J connectivity index is 1.79. The molecule has 0 atom stereocenters. The smallest absolute Gasteiger partial charge is 0.270 e. The van der Waals surface area contributed by atoms with Gasteiger partial charge < -0.3 is 10.1 Å². The van der Waals surface area contributed by atoms with Gasteiger partial charge in [-0.15, -0.1) is 0 Å². The summed E-state index contributed by atoms with van der Waals surface area (Å²) in [5.74, 6) is -0.297. The zero-order chi connectivity index (χ0) is 22.4. The number of carbonyl (C=O) groups is 1. The Bertz CT molecular complexity index is 1110. The van der Waals surface area contributed by atoms with E-state index in [0.29, 0.717) is 24.3 Å². The van der Waals surface area contributed by atoms with Gasteiger partial charge in [-0.2, -0.15) is 4.31 Å². The molecule has 1 heterocycles. The second-order valence-corrected chi connectivity index (χ2v) is 8.91. The maximum atomic E-state index is 13.1. The lowest BCUT2D eigenvalue weighted by molar-refractivity contribution is -0.384. The monoisotopic (exact) mass is 445 g/mol. The van der Waals surface area contributed by atoms with Gasteiger partial charge in [0.2, 0.25) is 15.9 Å². The zero-order valence-corrected chi connectivity index (χ0v) is 17.8. The van der Waals surface area contributed by atoms with Crippen LogP contribution in [-0.4, -0.2) is 43.8 Å². The highest BCUT2D eigenvalue weighted by Gasteiger charge is 2.29. The highest BCUT2D eigenvalue weighted by atomic mass is 32.2. The van der Waals surface area contributed by atoms with Crippen LogP contribution in [0.3, 0.4) is 0 Å². The van der Waals surface area contributed by atoms with Crippen molar-refractivity contribution in [3.8, 4) is 5.75 Å². The largest absolute Gasteiger partial charge is 0.495 e. The summed E-state index contributed by atoms with van der Waals surface area (Å²) in [6, 6.07) is 10.3. The predicted octanol–water partition coefficient (Wildman–Crippen LogP) is 3.43. The number of methoxy groups -OCH3 is 1. The lowest BCUT2D eigenvalue weighted by atomic mass is 10.2. The fraction of sp³-hybridized carbons (Fsp3) is 0.286. The molecule has 0 spiro atoms. The molecule has 0 radical (unpaired) electrons. The Morgan fingerprint density at radius 3 is 2.58 bits per heavy atom. The molecule has 2 aromatic rings. The molecular weight excluding hydrogens is 422 g/mol. The number of nitrogens with one attached hydrogen (secondary N) is 1. The van der Waals surface area contributed by atoms with Gasteiger partial charge in [0, 0.05) is 37.0 Å². The fourth-order valence-corrected chi connectivity index (χ4v) is 5.00. The number of anilines is 1. The third kappa shape index (κ3) is 5.47. The first kappa shape index (κ1) is 22.4. The number of sulfonamides is 1. The lowest BCUT2D eigenvalue weighted by Crippen LogP contribution is -2.35. The van der Waals surface area contributed by atoms with E-state index < -0.39 is 20.9 Å². The number of non-ortho nitro benzene ring substituents is 1. The Morgan fingerprint density at radius 1 is 1.16 bits per heavy atom. The van der Waals surface area contributed by atoms with Gasteiger partial charge in [0.25, 0.3) is 5.69 Å². The number of benzene rings is 2. The van der Waals surface area contributed by atoms with E-state index in [0.717, 1.165) is 19.3 Å². The molecule has 0 bridgehead atoms. The van der Waals surface area contributed by atoms with Crippen LogP contribution < -0.4 is 10.1 Å². The van der Waals surface area contributed by atoms with Crippen LogP contribution in [0.4, 0.5) is 11.4 Å². The Morgan fingerprint density at radius 2 is 1.90 bits per heavy atom. The van der Waals surface area contributed by atoms with Crippen molar-refractivity contribution >= 4 is 33.4 Å². The molecule has 1 aliphatic rings. The summed E-state index contributed by atoms with van der Waals surface area (Å²) in [6.45, 7) is 0.905. The molecule has 0 unspecified atom stereocenters. The highest BCUT2D eigenvalue weighted by Crippen LogP contribution is 2.31. The number of piperidine rings is 1. The summed E-state index contributed by atoms with van der Waals surface area (Å²) in [7, 11) is -2.36. The minimum absolute atomic E-state index is 0.00244. The average Bonchev–Trinajstić information content (AvgIpc) is 2.78. The van der Waals surface area contributed by atoms with E-state index in [-0.39, 0.29) is 16.3 Å². The van der Waals surface area contributed by atoms with Crippen LogP contribution in [0.1, 0.15) is 24.8 Å². The molecule has 1 aliphatic heterocycles. The maximum absolute atomic E-state index is 13.1. The van der Waals surface area contributed by atoms with Gasteiger partial charge in [-0.1, -0.05) is 18.6 Å². The third-order valence-corrected chi connectivity index (χ3v) is 6.79. The standard InChI is InChI=1S/C21H23N3O6S/c1-30-19-10-9-17(15-20(19)31(28,29)23-12-3-2-4-13-23)22-21(25)11-8-16-6-5-7-18(14-16)24(26)27/h5-11,14-15H,2-4,12-13H2,1H3,(H,22,25)/b11-8+. The lowest BCUT2D eigenvalue weighted by Gasteiger charge is -2.26. The van der Waals surface area contributed by atoms with Crippen LogP contribution in [0.25, 0.3) is 6.08 Å². The number of ether oxygens (including phenoxy) is 1. The summed E-state index contributed by atoms with van der Waals surface area (Å²) in [6.07, 6.45) is 5.27. The maximum Gasteiger partial charge on any atom is 0.270 e. The molecule has 31 heavy (non-hydrogen) atoms. The van der Waals surface area contributed by atoms with E-state index in [1.165, 1.54) is 53.9 Å². The van der Waals surface area contributed by atoms with Gasteiger partial charge in [-0.3, -0.25) is 14.9 Å². The van der Waals surface area contributed by atoms with Crippen LogP contribution >= 0.6 is 0 Å². The minimum Gasteiger partial charge on any atom is -0.495 e. The van der Waals surface area contributed by atoms with Gasteiger partial charge in [0.05, 0.1) is 12.0 Å². The summed E-state index contributed by atoms with van der Waals surface area (Å²) >= 11 is 0. The van der Waals surface area contributed by atoms with Crippen molar-refractivity contribution in [1.29, 1.82) is 0 Å². The van der Waals surface area contributed by atoms with Crippen molar-refractivity contribution in [2.75, 3.05) is 25.5 Å². The van der Waals surface area contributed by atoms with Crippen LogP contribution in [0, 0.1) is 10.1 Å². The van der Waals surface area contributed by atoms with Crippen molar-refractivity contribution in [3.05, 3.63) is 64.2 Å². The second kappa shape index (κ2) is 9.71. The van der Waals surface area contributed by atoms with E-state index in [9.17, 15) is 23.3 Å². The normalized spacial score (nSPS) is 15.0. The number of carbonyl (C=O) groups excluding carboxylic acids is 1. The molecule has 10 heteroatoms. The number of amides is 1.